The molecule has 0 radical (unpaired) electrons. The number of benzene rings is 1. The fourth-order valence-electron chi connectivity index (χ4n) is 4.93. The molecule has 8 nitrogen and oxygen atoms in total. The van der Waals surface area contributed by atoms with Crippen LogP contribution in [0.3, 0.4) is 0 Å². The van der Waals surface area contributed by atoms with E-state index < -0.39 is 23.4 Å². The van der Waals surface area contributed by atoms with Gasteiger partial charge in [0.1, 0.15) is 11.3 Å². The van der Waals surface area contributed by atoms with Gasteiger partial charge in [-0.15, -0.1) is 0 Å². The van der Waals surface area contributed by atoms with Gasteiger partial charge in [0.2, 0.25) is 5.82 Å². The zero-order chi connectivity index (χ0) is 27.4. The van der Waals surface area contributed by atoms with Crippen molar-refractivity contribution in [3.05, 3.63) is 75.5 Å². The molecule has 5 rings (SSSR count). The Kier molecular flexibility index (Phi) is 6.27. The number of halogens is 4. The Morgan fingerprint density at radius 1 is 1.16 bits per heavy atom. The van der Waals surface area contributed by atoms with Gasteiger partial charge in [-0.3, -0.25) is 19.0 Å². The number of rotatable bonds is 3. The highest BCUT2D eigenvalue weighted by atomic mass is 19.4. The van der Waals surface area contributed by atoms with Crippen molar-refractivity contribution in [1.82, 2.24) is 24.3 Å². The van der Waals surface area contributed by atoms with E-state index in [9.17, 15) is 18.0 Å². The number of hydrogen-bond donors (Lipinski definition) is 0. The van der Waals surface area contributed by atoms with E-state index in [4.69, 9.17) is 10.00 Å². The molecule has 1 aromatic carbocycles. The van der Waals surface area contributed by atoms with E-state index >= 15 is 4.39 Å². The molecule has 0 unspecified atom stereocenters. The van der Waals surface area contributed by atoms with Crippen LogP contribution in [-0.4, -0.2) is 30.4 Å². The molecule has 1 aliphatic rings. The van der Waals surface area contributed by atoms with Crippen LogP contribution in [0.5, 0.6) is 0 Å². The normalized spacial score (nSPS) is 20.0. The molecule has 1 fully saturated rings. The second-order valence-corrected chi connectivity index (χ2v) is 9.45. The van der Waals surface area contributed by atoms with Gasteiger partial charge in [-0.1, -0.05) is 0 Å². The first-order valence-corrected chi connectivity index (χ1v) is 11.8. The van der Waals surface area contributed by atoms with Crippen molar-refractivity contribution in [2.45, 2.75) is 44.1 Å². The van der Waals surface area contributed by atoms with Crippen molar-refractivity contribution in [2.24, 2.45) is 14.1 Å². The summed E-state index contributed by atoms with van der Waals surface area (Å²) in [5, 5.41) is 13.2. The summed E-state index contributed by atoms with van der Waals surface area (Å²) >= 11 is 0. The second kappa shape index (κ2) is 9.33. The second-order valence-electron chi connectivity index (χ2n) is 9.45. The number of aromatic nitrogens is 5. The first-order valence-electron chi connectivity index (χ1n) is 11.8. The van der Waals surface area contributed by atoms with E-state index in [0.29, 0.717) is 23.1 Å². The third kappa shape index (κ3) is 4.54. The first kappa shape index (κ1) is 25.5. The van der Waals surface area contributed by atoms with Crippen molar-refractivity contribution < 1.29 is 22.3 Å². The molecule has 0 N–H and O–H groups in total. The molecule has 0 aliphatic carbocycles. The Morgan fingerprint density at radius 3 is 2.55 bits per heavy atom. The Morgan fingerprint density at radius 2 is 1.92 bits per heavy atom. The lowest BCUT2D eigenvalue weighted by molar-refractivity contribution is -0.147. The summed E-state index contributed by atoms with van der Waals surface area (Å²) in [7, 11) is 2.78. The number of aryl methyl sites for hydroxylation is 1. The van der Waals surface area contributed by atoms with Crippen molar-refractivity contribution >= 4 is 10.9 Å². The molecule has 12 heteroatoms. The van der Waals surface area contributed by atoms with E-state index in [2.05, 4.69) is 15.1 Å². The quantitative estimate of drug-likeness (QED) is 0.356. The average Bonchev–Trinajstić information content (AvgIpc) is 3.31. The number of nitrogens with zero attached hydrogens (tertiary/aromatic N) is 6. The minimum absolute atomic E-state index is 0.0316. The van der Waals surface area contributed by atoms with E-state index in [1.165, 1.54) is 18.2 Å². The van der Waals surface area contributed by atoms with E-state index in [1.807, 2.05) is 19.2 Å². The highest BCUT2D eigenvalue weighted by molar-refractivity contribution is 5.91. The SMILES string of the molecule is C[C@H]1C[C@H](c2cc3c(=O)n(C)c(C(F)(F)F)nc3c(-c3ccc(C#N)cc3F)n2)C[C@H](c2cnn(C)c2)O1. The van der Waals surface area contributed by atoms with Crippen LogP contribution in [0.1, 0.15) is 54.4 Å². The fraction of sp³-hybridized carbons (Fsp3) is 0.346. The molecule has 0 amide bonds. The van der Waals surface area contributed by atoms with Gasteiger partial charge in [-0.25, -0.2) is 9.37 Å². The van der Waals surface area contributed by atoms with Crippen LogP contribution in [0.15, 0.2) is 41.5 Å². The molecule has 1 saturated heterocycles. The molecule has 0 saturated carbocycles. The number of fused-ring (bicyclic) bond motifs is 1. The van der Waals surface area contributed by atoms with E-state index in [1.54, 1.807) is 17.9 Å². The van der Waals surface area contributed by atoms with Gasteiger partial charge >= 0.3 is 6.18 Å². The predicted molar refractivity (Wildman–Crippen MR) is 128 cm³/mol. The number of alkyl halides is 3. The van der Waals surface area contributed by atoms with Gasteiger partial charge in [-0.2, -0.15) is 23.5 Å². The van der Waals surface area contributed by atoms with Crippen LogP contribution in [-0.2, 0) is 25.0 Å². The maximum atomic E-state index is 15.1. The molecular weight excluding hydrogens is 504 g/mol. The molecule has 3 aromatic heterocycles. The van der Waals surface area contributed by atoms with Crippen molar-refractivity contribution in [3.8, 4) is 17.3 Å². The highest BCUT2D eigenvalue weighted by Gasteiger charge is 2.38. The highest BCUT2D eigenvalue weighted by Crippen LogP contribution is 2.41. The van der Waals surface area contributed by atoms with E-state index in [-0.39, 0.29) is 45.8 Å². The number of pyridine rings is 1. The van der Waals surface area contributed by atoms with Crippen LogP contribution in [0.2, 0.25) is 0 Å². The fourth-order valence-corrected chi connectivity index (χ4v) is 4.93. The lowest BCUT2D eigenvalue weighted by Gasteiger charge is -2.33. The smallest absolute Gasteiger partial charge is 0.370 e. The monoisotopic (exact) mass is 526 g/mol. The van der Waals surface area contributed by atoms with Crippen molar-refractivity contribution in [1.29, 1.82) is 5.26 Å². The van der Waals surface area contributed by atoms with Gasteiger partial charge in [0, 0.05) is 43.0 Å². The minimum Gasteiger partial charge on any atom is -0.370 e. The third-order valence-corrected chi connectivity index (χ3v) is 6.72. The Labute approximate surface area is 214 Å². The molecule has 0 spiro atoms. The van der Waals surface area contributed by atoms with Gasteiger partial charge in [0.15, 0.2) is 0 Å². The molecule has 1 aliphatic heterocycles. The van der Waals surface area contributed by atoms with Crippen molar-refractivity contribution in [3.63, 3.8) is 0 Å². The van der Waals surface area contributed by atoms with Gasteiger partial charge in [0.05, 0.1) is 41.1 Å². The first-order chi connectivity index (χ1) is 18.0. The van der Waals surface area contributed by atoms with Crippen LogP contribution in [0.25, 0.3) is 22.2 Å². The molecule has 3 atom stereocenters. The van der Waals surface area contributed by atoms with Crippen LogP contribution in [0, 0.1) is 17.1 Å². The number of ether oxygens (including phenoxy) is 1. The van der Waals surface area contributed by atoms with Gasteiger partial charge in [-0.05, 0) is 44.0 Å². The molecular formula is C26H22F4N6O2. The summed E-state index contributed by atoms with van der Waals surface area (Å²) < 4.78 is 64.5. The summed E-state index contributed by atoms with van der Waals surface area (Å²) in [5.41, 5.74) is -0.339. The lowest BCUT2D eigenvalue weighted by Crippen LogP contribution is -2.29. The predicted octanol–water partition coefficient (Wildman–Crippen LogP) is 4.78. The molecule has 38 heavy (non-hydrogen) atoms. The molecule has 0 bridgehead atoms. The number of hydrogen-bond acceptors (Lipinski definition) is 6. The van der Waals surface area contributed by atoms with Crippen LogP contribution in [0.4, 0.5) is 17.6 Å². The van der Waals surface area contributed by atoms with Gasteiger partial charge in [0.25, 0.3) is 5.56 Å². The summed E-state index contributed by atoms with van der Waals surface area (Å²) in [4.78, 5) is 21.5. The van der Waals surface area contributed by atoms with Crippen molar-refractivity contribution in [2.75, 3.05) is 0 Å². The summed E-state index contributed by atoms with van der Waals surface area (Å²) in [6.45, 7) is 1.90. The zero-order valence-electron chi connectivity index (χ0n) is 20.6. The largest absolute Gasteiger partial charge is 0.449 e. The minimum atomic E-state index is -4.92. The topological polar surface area (TPSA) is 98.6 Å². The summed E-state index contributed by atoms with van der Waals surface area (Å²) in [6.07, 6.45) is -0.906. The van der Waals surface area contributed by atoms with E-state index in [0.717, 1.165) is 18.7 Å². The maximum absolute atomic E-state index is 15.1. The molecule has 4 aromatic rings. The summed E-state index contributed by atoms with van der Waals surface area (Å²) in [5.74, 6) is -2.53. The third-order valence-electron chi connectivity index (χ3n) is 6.72. The van der Waals surface area contributed by atoms with Crippen LogP contribution < -0.4 is 5.56 Å². The number of nitriles is 1. The maximum Gasteiger partial charge on any atom is 0.449 e. The average molecular weight is 526 g/mol. The summed E-state index contributed by atoms with van der Waals surface area (Å²) in [6, 6.07) is 6.83. The Balaban J connectivity index is 1.73. The molecule has 196 valence electrons. The molecule has 4 heterocycles. The Hall–Kier alpha value is -4.11. The standard InChI is InChI=1S/C26H22F4N6O2/c1-13-6-15(8-21(38-13)16-11-32-35(2)12-16)20-9-18-23(34-25(26(28,29)30)36(3)24(18)37)22(33-20)17-5-4-14(10-31)7-19(17)27/h4-5,7,9,11-13,15,21H,6,8H2,1-3H3/t13-,15-,21+/m0/s1. The van der Waals surface area contributed by atoms with Crippen LogP contribution >= 0.6 is 0 Å². The lowest BCUT2D eigenvalue weighted by atomic mass is 9.86. The Bertz CT molecular complexity index is 1650. The van der Waals surface area contributed by atoms with Gasteiger partial charge < -0.3 is 4.74 Å². The zero-order valence-corrected chi connectivity index (χ0v) is 20.6.